The minimum atomic E-state index is -4.51. The van der Waals surface area contributed by atoms with Gasteiger partial charge in [-0.15, -0.1) is 0 Å². The molecule has 4 aromatic rings. The molecule has 0 aliphatic rings. The van der Waals surface area contributed by atoms with Gasteiger partial charge in [0, 0.05) is 20.3 Å². The molecule has 0 saturated carbocycles. The Morgan fingerprint density at radius 2 is 1.76 bits per heavy atom. The first-order valence-electron chi connectivity index (χ1n) is 8.47. The Balaban J connectivity index is 2.15. The van der Waals surface area contributed by atoms with Gasteiger partial charge in [-0.3, -0.25) is 18.3 Å². The summed E-state index contributed by atoms with van der Waals surface area (Å²) in [5, 5.41) is 0.207. The highest BCUT2D eigenvalue weighted by atomic mass is 19.4. The Labute approximate surface area is 160 Å². The molecule has 1 aromatic carbocycles. The maximum Gasteiger partial charge on any atom is 0.416 e. The number of halogens is 3. The average molecular weight is 401 g/mol. The molecular weight excluding hydrogens is 387 g/mol. The number of aryl methyl sites for hydroxylation is 1. The molecule has 0 atom stereocenters. The zero-order chi connectivity index (χ0) is 20.9. The summed E-state index contributed by atoms with van der Waals surface area (Å²) >= 11 is 0. The van der Waals surface area contributed by atoms with Gasteiger partial charge >= 0.3 is 11.9 Å². The van der Waals surface area contributed by atoms with Crippen molar-refractivity contribution in [2.24, 2.45) is 19.1 Å². The van der Waals surface area contributed by atoms with E-state index in [1.54, 1.807) is 24.4 Å². The summed E-state index contributed by atoms with van der Waals surface area (Å²) in [6.45, 7) is 0. The van der Waals surface area contributed by atoms with Crippen molar-refractivity contribution in [3.63, 3.8) is 0 Å². The second kappa shape index (κ2) is 6.43. The molecule has 0 N–H and O–H groups in total. The van der Waals surface area contributed by atoms with Crippen molar-refractivity contribution in [1.82, 2.24) is 18.5 Å². The van der Waals surface area contributed by atoms with Crippen LogP contribution in [0.1, 0.15) is 5.56 Å². The molecule has 4 rings (SSSR count). The molecule has 0 spiro atoms. The lowest BCUT2D eigenvalue weighted by Gasteiger charge is -2.10. The second-order valence-electron chi connectivity index (χ2n) is 6.43. The monoisotopic (exact) mass is 401 g/mol. The lowest BCUT2D eigenvalue weighted by atomic mass is 10.2. The average Bonchev–Trinajstić information content (AvgIpc) is 2.70. The van der Waals surface area contributed by atoms with Crippen molar-refractivity contribution in [3.8, 4) is 0 Å². The molecule has 3 aromatic heterocycles. The summed E-state index contributed by atoms with van der Waals surface area (Å²) < 4.78 is 42.7. The van der Waals surface area contributed by atoms with Gasteiger partial charge in [0.2, 0.25) is 5.62 Å². The molecule has 148 valence electrons. The molecule has 10 heteroatoms. The van der Waals surface area contributed by atoms with Crippen LogP contribution >= 0.6 is 0 Å². The maximum atomic E-state index is 13.0. The lowest BCUT2D eigenvalue weighted by molar-refractivity contribution is -0.137. The molecule has 29 heavy (non-hydrogen) atoms. The number of benzene rings is 1. The molecular formula is C19H14F3N5O2. The molecule has 0 bridgehead atoms. The fourth-order valence-corrected chi connectivity index (χ4v) is 3.10. The number of alkyl halides is 3. The first-order chi connectivity index (χ1) is 13.7. The minimum absolute atomic E-state index is 0.0377. The fourth-order valence-electron chi connectivity index (χ4n) is 3.10. The van der Waals surface area contributed by atoms with E-state index in [2.05, 4.69) is 9.98 Å². The van der Waals surface area contributed by atoms with E-state index in [1.165, 1.54) is 35.2 Å². The highest BCUT2D eigenvalue weighted by molar-refractivity contribution is 5.90. The quantitative estimate of drug-likeness (QED) is 0.459. The third kappa shape index (κ3) is 3.02. The van der Waals surface area contributed by atoms with E-state index < -0.39 is 23.0 Å². The number of rotatable bonds is 1. The standard InChI is InChI=1S/C19H14F3N5O2/c1-25-15-14(16(28)26(2)18(25)29)13-8-3-4-9-27(13)17(24-15)23-12-7-5-6-11(10-12)19(20,21)22/h3-10H,1-2H3. The summed E-state index contributed by atoms with van der Waals surface area (Å²) in [6.07, 6.45) is -2.91. The van der Waals surface area contributed by atoms with Crippen LogP contribution in [0.5, 0.6) is 0 Å². The van der Waals surface area contributed by atoms with Crippen LogP contribution in [-0.4, -0.2) is 18.5 Å². The Kier molecular flexibility index (Phi) is 4.14. The van der Waals surface area contributed by atoms with Gasteiger partial charge in [0.25, 0.3) is 5.56 Å². The zero-order valence-corrected chi connectivity index (χ0v) is 15.3. The van der Waals surface area contributed by atoms with Gasteiger partial charge in [0.15, 0.2) is 5.65 Å². The topological polar surface area (TPSA) is 73.7 Å². The molecule has 3 heterocycles. The van der Waals surface area contributed by atoms with Crippen LogP contribution in [0.2, 0.25) is 0 Å². The number of nitrogens with zero attached hydrogens (tertiary/aromatic N) is 5. The normalized spacial score (nSPS) is 12.8. The largest absolute Gasteiger partial charge is 0.416 e. The molecule has 0 saturated heterocycles. The van der Waals surface area contributed by atoms with E-state index in [0.29, 0.717) is 5.52 Å². The van der Waals surface area contributed by atoms with Crippen LogP contribution in [-0.2, 0) is 20.3 Å². The van der Waals surface area contributed by atoms with Crippen LogP contribution in [0.4, 0.5) is 18.9 Å². The van der Waals surface area contributed by atoms with Crippen LogP contribution < -0.4 is 16.9 Å². The van der Waals surface area contributed by atoms with Crippen molar-refractivity contribution < 1.29 is 13.2 Å². The number of aromatic nitrogens is 4. The number of fused-ring (bicyclic) bond motifs is 3. The molecule has 7 nitrogen and oxygen atoms in total. The van der Waals surface area contributed by atoms with E-state index in [9.17, 15) is 22.8 Å². The molecule has 0 aliphatic heterocycles. The Morgan fingerprint density at radius 3 is 2.48 bits per heavy atom. The Bertz CT molecular complexity index is 1460. The minimum Gasteiger partial charge on any atom is -0.285 e. The van der Waals surface area contributed by atoms with Gasteiger partial charge < -0.3 is 0 Å². The first-order valence-corrected chi connectivity index (χ1v) is 8.47. The van der Waals surface area contributed by atoms with Crippen molar-refractivity contribution in [3.05, 3.63) is 80.7 Å². The number of hydrogen-bond acceptors (Lipinski definition) is 4. The van der Waals surface area contributed by atoms with Gasteiger partial charge in [0.1, 0.15) is 5.39 Å². The lowest BCUT2D eigenvalue weighted by Crippen LogP contribution is -2.39. The summed E-state index contributed by atoms with van der Waals surface area (Å²) in [5.41, 5.74) is -1.33. The molecule has 0 aliphatic carbocycles. The molecule has 0 radical (unpaired) electrons. The zero-order valence-electron chi connectivity index (χ0n) is 15.3. The van der Waals surface area contributed by atoms with Crippen molar-refractivity contribution in [2.45, 2.75) is 6.18 Å². The number of pyridine rings is 1. The summed E-state index contributed by atoms with van der Waals surface area (Å²) in [5.74, 6) is 0. The van der Waals surface area contributed by atoms with Crippen molar-refractivity contribution >= 4 is 22.2 Å². The van der Waals surface area contributed by atoms with E-state index in [1.807, 2.05) is 0 Å². The van der Waals surface area contributed by atoms with Crippen LogP contribution in [0.3, 0.4) is 0 Å². The second-order valence-corrected chi connectivity index (χ2v) is 6.43. The highest BCUT2D eigenvalue weighted by Crippen LogP contribution is 2.31. The van der Waals surface area contributed by atoms with Gasteiger partial charge in [-0.25, -0.2) is 9.79 Å². The van der Waals surface area contributed by atoms with Crippen LogP contribution in [0, 0.1) is 0 Å². The molecule has 0 fully saturated rings. The van der Waals surface area contributed by atoms with Crippen molar-refractivity contribution in [1.29, 1.82) is 0 Å². The van der Waals surface area contributed by atoms with E-state index >= 15 is 0 Å². The predicted octanol–water partition coefficient (Wildman–Crippen LogP) is 2.14. The summed E-state index contributed by atoms with van der Waals surface area (Å²) in [6, 6.07) is 9.56. The highest BCUT2D eigenvalue weighted by Gasteiger charge is 2.30. The van der Waals surface area contributed by atoms with Crippen LogP contribution in [0.25, 0.3) is 16.6 Å². The smallest absolute Gasteiger partial charge is 0.285 e. The summed E-state index contributed by atoms with van der Waals surface area (Å²) in [7, 11) is 2.83. The van der Waals surface area contributed by atoms with Crippen LogP contribution in [0.15, 0.2) is 63.2 Å². The third-order valence-corrected chi connectivity index (χ3v) is 4.57. The Morgan fingerprint density at radius 1 is 1.00 bits per heavy atom. The van der Waals surface area contributed by atoms with Crippen molar-refractivity contribution in [2.75, 3.05) is 0 Å². The summed E-state index contributed by atoms with van der Waals surface area (Å²) in [4.78, 5) is 33.5. The van der Waals surface area contributed by atoms with Gasteiger partial charge in [0.05, 0.1) is 16.8 Å². The van der Waals surface area contributed by atoms with E-state index in [-0.39, 0.29) is 22.3 Å². The van der Waals surface area contributed by atoms with Gasteiger partial charge in [-0.2, -0.15) is 18.2 Å². The first kappa shape index (κ1) is 18.7. The van der Waals surface area contributed by atoms with E-state index in [0.717, 1.165) is 16.7 Å². The van der Waals surface area contributed by atoms with Gasteiger partial charge in [-0.05, 0) is 30.3 Å². The SMILES string of the molecule is Cn1c(=O)c2c(nc(=Nc3cccc(C(F)(F)F)c3)n3ccccc23)n(C)c1=O. The van der Waals surface area contributed by atoms with Gasteiger partial charge in [-0.1, -0.05) is 12.1 Å². The third-order valence-electron chi connectivity index (χ3n) is 4.57. The molecule has 0 unspecified atom stereocenters. The van der Waals surface area contributed by atoms with E-state index in [4.69, 9.17) is 0 Å². The number of hydrogen-bond donors (Lipinski definition) is 0. The molecule has 0 amide bonds. The fraction of sp³-hybridized carbons (Fsp3) is 0.158. The maximum absolute atomic E-state index is 13.0. The Hall–Kier alpha value is -3.69. The predicted molar refractivity (Wildman–Crippen MR) is 99.8 cm³/mol.